The number of aryl methyl sites for hydroxylation is 1. The molecule has 0 radical (unpaired) electrons. The predicted octanol–water partition coefficient (Wildman–Crippen LogP) is 5.03. The fourth-order valence-electron chi connectivity index (χ4n) is 7.65. The number of nitrogens with two attached hydrogens (primary N) is 1. The van der Waals surface area contributed by atoms with Crippen molar-refractivity contribution >= 4 is 22.5 Å². The number of pyridine rings is 1. The van der Waals surface area contributed by atoms with Crippen LogP contribution >= 0.6 is 0 Å². The molecule has 0 aliphatic carbocycles. The Morgan fingerprint density at radius 1 is 1.09 bits per heavy atom. The van der Waals surface area contributed by atoms with Gasteiger partial charge in [-0.15, -0.1) is 0 Å². The summed E-state index contributed by atoms with van der Waals surface area (Å²) in [6.45, 7) is 3.85. The molecular formula is C30H34F5N7O. The Kier molecular flexibility index (Phi) is 6.88. The molecule has 4 fully saturated rings. The number of fused-ring (bicyclic) bond motifs is 4. The number of nitrogens with one attached hydrogen (secondary N) is 1. The first-order chi connectivity index (χ1) is 20.5. The topological polar surface area (TPSA) is 92.4 Å². The number of nitrogen functional groups attached to an aromatic ring is 1. The van der Waals surface area contributed by atoms with Crippen molar-refractivity contribution in [1.29, 1.82) is 0 Å². The summed E-state index contributed by atoms with van der Waals surface area (Å²) in [6, 6.07) is 4.51. The van der Waals surface area contributed by atoms with Crippen molar-refractivity contribution in [2.45, 2.75) is 75.4 Å². The molecule has 4 aliphatic rings. The number of hydrogen-bond donors (Lipinski definition) is 2. The number of anilines is 2. The van der Waals surface area contributed by atoms with Gasteiger partial charge in [-0.2, -0.15) is 23.1 Å². The average Bonchev–Trinajstić information content (AvgIpc) is 3.57. The molecule has 43 heavy (non-hydrogen) atoms. The molecule has 0 unspecified atom stereocenters. The zero-order chi connectivity index (χ0) is 30.1. The molecule has 4 atom stereocenters. The van der Waals surface area contributed by atoms with Gasteiger partial charge < -0.3 is 20.7 Å². The van der Waals surface area contributed by atoms with Gasteiger partial charge in [0.2, 0.25) is 0 Å². The Hall–Kier alpha value is -3.32. The van der Waals surface area contributed by atoms with Crippen LogP contribution in [0.4, 0.5) is 33.6 Å². The predicted molar refractivity (Wildman–Crippen MR) is 152 cm³/mol. The highest BCUT2D eigenvalue weighted by Gasteiger charge is 2.49. The van der Waals surface area contributed by atoms with E-state index in [9.17, 15) is 17.6 Å². The van der Waals surface area contributed by atoms with Gasteiger partial charge in [-0.25, -0.2) is 13.8 Å². The molecule has 0 spiro atoms. The summed E-state index contributed by atoms with van der Waals surface area (Å²) in [6.07, 6.45) is -0.721. The fraction of sp³-hybridized carbons (Fsp3) is 0.567. The third kappa shape index (κ3) is 5.03. The third-order valence-electron chi connectivity index (χ3n) is 9.59. The van der Waals surface area contributed by atoms with E-state index in [1.54, 1.807) is 6.07 Å². The van der Waals surface area contributed by atoms with Gasteiger partial charge >= 0.3 is 12.2 Å². The number of benzene rings is 1. The van der Waals surface area contributed by atoms with Gasteiger partial charge in [0, 0.05) is 49.1 Å². The van der Waals surface area contributed by atoms with E-state index in [0.29, 0.717) is 43.3 Å². The molecule has 4 saturated heterocycles. The summed E-state index contributed by atoms with van der Waals surface area (Å²) in [5.74, 6) is -0.653. The van der Waals surface area contributed by atoms with E-state index in [0.717, 1.165) is 44.7 Å². The van der Waals surface area contributed by atoms with Crippen molar-refractivity contribution < 1.29 is 26.7 Å². The highest BCUT2D eigenvalue weighted by Crippen LogP contribution is 2.43. The summed E-state index contributed by atoms with van der Waals surface area (Å²) in [4.78, 5) is 17.3. The maximum Gasteiger partial charge on any atom is 0.418 e. The van der Waals surface area contributed by atoms with Crippen LogP contribution in [0.1, 0.15) is 49.7 Å². The minimum atomic E-state index is -4.78. The van der Waals surface area contributed by atoms with Gasteiger partial charge in [-0.3, -0.25) is 4.90 Å². The summed E-state index contributed by atoms with van der Waals surface area (Å²) < 4.78 is 79.4. The number of hydrogen-bond acceptors (Lipinski definition) is 8. The standard InChI is InChI=1S/C30H34F5N7O/c1-16-11-22(36)38-25(23(16)30(33,34)35)20-5-6-21-26(24(20)32)39-28(43-15-29-8-2-9-42(29)13-17(31)12-29)40-27(21)41-10-7-18-3-4-19(14-41)37-18/h5-6,11,17-19,37H,2-4,7-10,12-15H2,1H3,(H2,36,38)/t17-,18+,19-,29+/m0/s1. The van der Waals surface area contributed by atoms with Crippen molar-refractivity contribution in [3.8, 4) is 17.3 Å². The van der Waals surface area contributed by atoms with Crippen LogP contribution in [0.5, 0.6) is 6.01 Å². The SMILES string of the molecule is Cc1cc(N)nc(-c2ccc3c(N4CC[C@H]5CC[C@@H](C4)N5)nc(OC[C@]45CCCN4C[C@@H](F)C5)nc3c2F)c1C(F)(F)F. The van der Waals surface area contributed by atoms with Crippen LogP contribution in [0, 0.1) is 12.7 Å². The Balaban J connectivity index is 1.34. The van der Waals surface area contributed by atoms with Crippen LogP contribution in [0.25, 0.3) is 22.2 Å². The Morgan fingerprint density at radius 3 is 2.72 bits per heavy atom. The van der Waals surface area contributed by atoms with Crippen LogP contribution in [-0.4, -0.2) is 76.4 Å². The van der Waals surface area contributed by atoms with E-state index in [1.807, 2.05) is 0 Å². The highest BCUT2D eigenvalue weighted by molar-refractivity contribution is 5.93. The van der Waals surface area contributed by atoms with Gasteiger partial charge in [0.25, 0.3) is 0 Å². The number of aromatic nitrogens is 3. The lowest BCUT2D eigenvalue weighted by atomic mass is 9.95. The van der Waals surface area contributed by atoms with Crippen LogP contribution in [-0.2, 0) is 6.18 Å². The first kappa shape index (κ1) is 28.5. The molecular weight excluding hydrogens is 569 g/mol. The van der Waals surface area contributed by atoms with Crippen molar-refractivity contribution in [3.05, 3.63) is 35.1 Å². The summed E-state index contributed by atoms with van der Waals surface area (Å²) >= 11 is 0. The van der Waals surface area contributed by atoms with E-state index in [2.05, 4.69) is 25.1 Å². The fourth-order valence-corrected chi connectivity index (χ4v) is 7.65. The molecule has 6 heterocycles. The quantitative estimate of drug-likeness (QED) is 0.393. The summed E-state index contributed by atoms with van der Waals surface area (Å²) in [7, 11) is 0. The summed E-state index contributed by atoms with van der Waals surface area (Å²) in [5.41, 5.74) is 3.02. The van der Waals surface area contributed by atoms with Crippen LogP contribution < -0.4 is 20.7 Å². The normalized spacial score (nSPS) is 27.6. The first-order valence-electron chi connectivity index (χ1n) is 14.9. The molecule has 2 aromatic heterocycles. The lowest BCUT2D eigenvalue weighted by Gasteiger charge is -2.31. The van der Waals surface area contributed by atoms with Gasteiger partial charge in [0.05, 0.1) is 16.8 Å². The molecule has 0 saturated carbocycles. The number of halogens is 5. The molecule has 0 amide bonds. The maximum atomic E-state index is 16.5. The van der Waals surface area contributed by atoms with Gasteiger partial charge in [-0.05, 0) is 69.3 Å². The van der Waals surface area contributed by atoms with Crippen LogP contribution in [0.15, 0.2) is 18.2 Å². The van der Waals surface area contributed by atoms with Crippen molar-refractivity contribution in [3.63, 3.8) is 0 Å². The minimum absolute atomic E-state index is 0.0859. The van der Waals surface area contributed by atoms with E-state index >= 15 is 4.39 Å². The molecule has 4 aliphatic heterocycles. The molecule has 1 aromatic carbocycles. The molecule has 13 heteroatoms. The second-order valence-corrected chi connectivity index (χ2v) is 12.5. The molecule has 2 bridgehead atoms. The van der Waals surface area contributed by atoms with Gasteiger partial charge in [-0.1, -0.05) is 0 Å². The minimum Gasteiger partial charge on any atom is -0.461 e. The van der Waals surface area contributed by atoms with E-state index in [4.69, 9.17) is 15.5 Å². The highest BCUT2D eigenvalue weighted by atomic mass is 19.4. The smallest absolute Gasteiger partial charge is 0.418 e. The first-order valence-corrected chi connectivity index (χ1v) is 14.9. The maximum absolute atomic E-state index is 16.5. The molecule has 230 valence electrons. The van der Waals surface area contributed by atoms with E-state index < -0.39 is 35.0 Å². The lowest BCUT2D eigenvalue weighted by molar-refractivity contribution is -0.137. The number of rotatable bonds is 5. The number of alkyl halides is 4. The zero-order valence-electron chi connectivity index (χ0n) is 23.9. The molecule has 3 N–H and O–H groups in total. The molecule has 8 nitrogen and oxygen atoms in total. The third-order valence-corrected chi connectivity index (χ3v) is 9.59. The summed E-state index contributed by atoms with van der Waals surface area (Å²) in [5, 5.41) is 3.99. The van der Waals surface area contributed by atoms with Crippen LogP contribution in [0.2, 0.25) is 0 Å². The zero-order valence-corrected chi connectivity index (χ0v) is 23.9. The second-order valence-electron chi connectivity index (χ2n) is 12.5. The average molecular weight is 604 g/mol. The van der Waals surface area contributed by atoms with Gasteiger partial charge in [0.15, 0.2) is 5.82 Å². The van der Waals surface area contributed by atoms with E-state index in [-0.39, 0.29) is 41.1 Å². The Morgan fingerprint density at radius 2 is 1.91 bits per heavy atom. The van der Waals surface area contributed by atoms with Crippen molar-refractivity contribution in [1.82, 2.24) is 25.2 Å². The number of ether oxygens (including phenoxy) is 1. The molecule has 3 aromatic rings. The monoisotopic (exact) mass is 603 g/mol. The lowest BCUT2D eigenvalue weighted by Crippen LogP contribution is -2.43. The van der Waals surface area contributed by atoms with Crippen LogP contribution in [0.3, 0.4) is 0 Å². The van der Waals surface area contributed by atoms with E-state index in [1.165, 1.54) is 13.0 Å². The number of nitrogens with zero attached hydrogens (tertiary/aromatic N) is 5. The second kappa shape index (κ2) is 10.4. The Labute approximate surface area is 245 Å². The van der Waals surface area contributed by atoms with Crippen molar-refractivity contribution in [2.24, 2.45) is 0 Å². The van der Waals surface area contributed by atoms with Gasteiger partial charge in [0.1, 0.15) is 29.9 Å². The van der Waals surface area contributed by atoms with Crippen molar-refractivity contribution in [2.75, 3.05) is 43.4 Å². The largest absolute Gasteiger partial charge is 0.461 e. The Bertz CT molecular complexity index is 1570. The molecule has 7 rings (SSSR count).